The van der Waals surface area contributed by atoms with E-state index in [1.807, 2.05) is 75.3 Å². The molecule has 1 aromatic carbocycles. The number of anilines is 1. The number of nitrogens with zero attached hydrogens (tertiary/aromatic N) is 7. The number of carbonyl (C=O) groups is 2. The van der Waals surface area contributed by atoms with Gasteiger partial charge in [-0.3, -0.25) is 9.59 Å². The van der Waals surface area contributed by atoms with E-state index in [9.17, 15) is 9.59 Å². The van der Waals surface area contributed by atoms with Gasteiger partial charge in [0.1, 0.15) is 11.5 Å². The normalized spacial score (nSPS) is 16.5. The predicted octanol–water partition coefficient (Wildman–Crippen LogP) is 4.01. The summed E-state index contributed by atoms with van der Waals surface area (Å²) in [6.07, 6.45) is 5.14. The summed E-state index contributed by atoms with van der Waals surface area (Å²) in [6, 6.07) is 15.7. The third kappa shape index (κ3) is 5.16. The molecule has 0 spiro atoms. The van der Waals surface area contributed by atoms with Gasteiger partial charge in [0.25, 0.3) is 11.8 Å². The maximum atomic E-state index is 13.3. The van der Waals surface area contributed by atoms with E-state index in [-0.39, 0.29) is 17.7 Å². The molecule has 39 heavy (non-hydrogen) atoms. The minimum Gasteiger partial charge on any atom is -0.353 e. The number of rotatable bonds is 5. The molecule has 0 saturated carbocycles. The zero-order chi connectivity index (χ0) is 26.8. The fourth-order valence-electron chi connectivity index (χ4n) is 5.36. The largest absolute Gasteiger partial charge is 0.353 e. The summed E-state index contributed by atoms with van der Waals surface area (Å²) in [5.41, 5.74) is 2.96. The molecule has 0 N–H and O–H groups in total. The number of thiazole rings is 1. The van der Waals surface area contributed by atoms with E-state index in [4.69, 9.17) is 4.98 Å². The van der Waals surface area contributed by atoms with Gasteiger partial charge < -0.3 is 14.7 Å². The van der Waals surface area contributed by atoms with Crippen LogP contribution in [-0.2, 0) is 0 Å². The maximum absolute atomic E-state index is 13.3. The number of carbonyl (C=O) groups excluding carboxylic acids is 2. The van der Waals surface area contributed by atoms with Crippen molar-refractivity contribution in [2.45, 2.75) is 25.7 Å². The Morgan fingerprint density at radius 3 is 2.31 bits per heavy atom. The molecule has 2 saturated heterocycles. The molecule has 2 aliphatic heterocycles. The number of hydrogen-bond acceptors (Lipinski definition) is 7. The van der Waals surface area contributed by atoms with Gasteiger partial charge in [0.05, 0.1) is 28.1 Å². The lowest BCUT2D eigenvalue weighted by molar-refractivity contribution is 0.0712. The number of benzene rings is 1. The summed E-state index contributed by atoms with van der Waals surface area (Å²) in [7, 11) is 0. The second-order valence-corrected chi connectivity index (χ2v) is 10.9. The standard InChI is InChI=1S/C29H31N7O2S/c1-21-24(19-31-36(21)23-7-3-2-4-8-23)28(37)34-13-10-22(11-14-34)27-32-25(20-39-27)29(38)35-17-15-33(16-18-35)26-9-5-6-12-30-26/h2-9,12,19-20,22H,10-11,13-18H2,1H3. The van der Waals surface area contributed by atoms with Gasteiger partial charge in [0.15, 0.2) is 0 Å². The molecule has 2 fully saturated rings. The quantitative estimate of drug-likeness (QED) is 0.379. The second kappa shape index (κ2) is 11.0. The number of amides is 2. The van der Waals surface area contributed by atoms with Gasteiger partial charge in [0.2, 0.25) is 0 Å². The zero-order valence-electron chi connectivity index (χ0n) is 21.9. The number of piperazine rings is 1. The van der Waals surface area contributed by atoms with Crippen LogP contribution in [0.2, 0.25) is 0 Å². The Balaban J connectivity index is 1.04. The van der Waals surface area contributed by atoms with Crippen LogP contribution in [0.25, 0.3) is 5.69 Å². The third-order valence-electron chi connectivity index (χ3n) is 7.65. The molecular weight excluding hydrogens is 510 g/mol. The van der Waals surface area contributed by atoms with E-state index in [0.717, 1.165) is 48.1 Å². The summed E-state index contributed by atoms with van der Waals surface area (Å²) in [5.74, 6) is 1.23. The van der Waals surface area contributed by atoms with Crippen molar-refractivity contribution in [1.82, 2.24) is 29.5 Å². The van der Waals surface area contributed by atoms with E-state index >= 15 is 0 Å². The molecule has 0 atom stereocenters. The topological polar surface area (TPSA) is 87.5 Å². The Hall–Kier alpha value is -4.05. The first-order valence-corrected chi connectivity index (χ1v) is 14.3. The van der Waals surface area contributed by atoms with Gasteiger partial charge in [-0.2, -0.15) is 5.10 Å². The Morgan fingerprint density at radius 1 is 0.872 bits per heavy atom. The van der Waals surface area contributed by atoms with Crippen molar-refractivity contribution < 1.29 is 9.59 Å². The lowest BCUT2D eigenvalue weighted by atomic mass is 9.97. The number of piperidine rings is 1. The molecule has 200 valence electrons. The minimum atomic E-state index is -0.00307. The fraction of sp³-hybridized carbons (Fsp3) is 0.345. The van der Waals surface area contributed by atoms with Crippen molar-refractivity contribution in [3.05, 3.63) is 88.3 Å². The van der Waals surface area contributed by atoms with Crippen LogP contribution in [0.1, 0.15) is 50.3 Å². The number of aromatic nitrogens is 4. The Morgan fingerprint density at radius 2 is 1.59 bits per heavy atom. The lowest BCUT2D eigenvalue weighted by Gasteiger charge is -2.35. The average molecular weight is 542 g/mol. The van der Waals surface area contributed by atoms with Gasteiger partial charge in [-0.05, 0) is 44.0 Å². The molecule has 0 bridgehead atoms. The average Bonchev–Trinajstić information content (AvgIpc) is 3.65. The molecule has 2 aliphatic rings. The van der Waals surface area contributed by atoms with E-state index in [2.05, 4.69) is 15.0 Å². The molecule has 10 heteroatoms. The smallest absolute Gasteiger partial charge is 0.273 e. The fourth-order valence-corrected chi connectivity index (χ4v) is 6.33. The highest BCUT2D eigenvalue weighted by molar-refractivity contribution is 7.09. The first kappa shape index (κ1) is 25.2. The Labute approximate surface area is 231 Å². The highest BCUT2D eigenvalue weighted by atomic mass is 32.1. The van der Waals surface area contributed by atoms with Crippen LogP contribution in [0.5, 0.6) is 0 Å². The van der Waals surface area contributed by atoms with Gasteiger partial charge in [-0.25, -0.2) is 14.6 Å². The van der Waals surface area contributed by atoms with Crippen molar-refractivity contribution in [1.29, 1.82) is 0 Å². The SMILES string of the molecule is Cc1c(C(=O)N2CCC(c3nc(C(=O)N4CCN(c5ccccn5)CC4)cs3)CC2)cnn1-c1ccccc1. The molecule has 3 aromatic heterocycles. The predicted molar refractivity (Wildman–Crippen MR) is 151 cm³/mol. The molecule has 0 aliphatic carbocycles. The van der Waals surface area contributed by atoms with Crippen LogP contribution in [0.4, 0.5) is 5.82 Å². The molecule has 4 aromatic rings. The number of pyridine rings is 1. The molecule has 6 rings (SSSR count). The second-order valence-electron chi connectivity index (χ2n) is 10.00. The Kier molecular flexibility index (Phi) is 7.10. The van der Waals surface area contributed by atoms with E-state index < -0.39 is 0 Å². The summed E-state index contributed by atoms with van der Waals surface area (Å²) in [5, 5.41) is 7.34. The van der Waals surface area contributed by atoms with Crippen molar-refractivity contribution in [3.8, 4) is 5.69 Å². The highest BCUT2D eigenvalue weighted by Gasteiger charge is 2.30. The number of likely N-dealkylation sites (tertiary alicyclic amines) is 1. The number of para-hydroxylation sites is 1. The van der Waals surface area contributed by atoms with E-state index in [1.165, 1.54) is 0 Å². The van der Waals surface area contributed by atoms with Crippen molar-refractivity contribution in [2.24, 2.45) is 0 Å². The van der Waals surface area contributed by atoms with Crippen LogP contribution in [0.15, 0.2) is 66.3 Å². The van der Waals surface area contributed by atoms with Crippen molar-refractivity contribution >= 4 is 29.0 Å². The molecule has 9 nitrogen and oxygen atoms in total. The van der Waals surface area contributed by atoms with E-state index in [1.54, 1.807) is 23.7 Å². The van der Waals surface area contributed by atoms with Crippen molar-refractivity contribution in [2.75, 3.05) is 44.2 Å². The first-order chi connectivity index (χ1) is 19.1. The molecule has 5 heterocycles. The van der Waals surface area contributed by atoms with Gasteiger partial charge in [-0.15, -0.1) is 11.3 Å². The monoisotopic (exact) mass is 541 g/mol. The molecule has 0 radical (unpaired) electrons. The van der Waals surface area contributed by atoms with Crippen LogP contribution in [0, 0.1) is 6.92 Å². The zero-order valence-corrected chi connectivity index (χ0v) is 22.8. The number of hydrogen-bond donors (Lipinski definition) is 0. The first-order valence-electron chi connectivity index (χ1n) is 13.4. The summed E-state index contributed by atoms with van der Waals surface area (Å²) >= 11 is 1.56. The van der Waals surface area contributed by atoms with Gasteiger partial charge >= 0.3 is 0 Å². The minimum absolute atomic E-state index is 0.00307. The van der Waals surface area contributed by atoms with Crippen LogP contribution >= 0.6 is 11.3 Å². The lowest BCUT2D eigenvalue weighted by Crippen LogP contribution is -2.49. The maximum Gasteiger partial charge on any atom is 0.273 e. The summed E-state index contributed by atoms with van der Waals surface area (Å²) in [6.45, 7) is 6.10. The van der Waals surface area contributed by atoms with Crippen molar-refractivity contribution in [3.63, 3.8) is 0 Å². The third-order valence-corrected chi connectivity index (χ3v) is 8.66. The molecular formula is C29H31N7O2S. The van der Waals surface area contributed by atoms with E-state index in [0.29, 0.717) is 37.4 Å². The van der Waals surface area contributed by atoms with Gasteiger partial charge in [0, 0.05) is 56.8 Å². The molecule has 2 amide bonds. The highest BCUT2D eigenvalue weighted by Crippen LogP contribution is 2.31. The summed E-state index contributed by atoms with van der Waals surface area (Å²) in [4.78, 5) is 41.6. The Bertz CT molecular complexity index is 1440. The molecule has 0 unspecified atom stereocenters. The van der Waals surface area contributed by atoms with Crippen LogP contribution in [0.3, 0.4) is 0 Å². The van der Waals surface area contributed by atoms with Gasteiger partial charge in [-0.1, -0.05) is 24.3 Å². The summed E-state index contributed by atoms with van der Waals surface area (Å²) < 4.78 is 1.81. The van der Waals surface area contributed by atoms with Crippen LogP contribution in [-0.4, -0.2) is 80.6 Å². The van der Waals surface area contributed by atoms with Crippen LogP contribution < -0.4 is 4.90 Å².